The third-order valence-electron chi connectivity index (χ3n) is 3.12. The zero-order valence-electron chi connectivity index (χ0n) is 11.4. The molecule has 0 atom stereocenters. The molecule has 22 heavy (non-hydrogen) atoms. The molecule has 0 aliphatic heterocycles. The summed E-state index contributed by atoms with van der Waals surface area (Å²) in [6.45, 7) is 0. The number of fused-ring (bicyclic) bond motifs is 1. The summed E-state index contributed by atoms with van der Waals surface area (Å²) in [6, 6.07) is 13.6. The molecule has 1 amide bonds. The van der Waals surface area contributed by atoms with E-state index in [1.54, 1.807) is 24.3 Å². The molecule has 0 fully saturated rings. The van der Waals surface area contributed by atoms with E-state index in [0.717, 1.165) is 0 Å². The highest BCUT2D eigenvalue weighted by atomic mass is 35.5. The largest absolute Gasteiger partial charge is 0.504 e. The zero-order valence-corrected chi connectivity index (χ0v) is 12.2. The fraction of sp³-hybridized carbons (Fsp3) is 0. The first-order valence-electron chi connectivity index (χ1n) is 6.32. The number of anilines is 1. The van der Waals surface area contributed by atoms with Crippen LogP contribution in [-0.2, 0) is 0 Å². The number of phenolic OH excluding ortho intramolecular Hbond substituents is 2. The van der Waals surface area contributed by atoms with Crippen LogP contribution in [0.3, 0.4) is 0 Å². The van der Waals surface area contributed by atoms with Crippen molar-refractivity contribution in [1.29, 1.82) is 0 Å². The molecule has 3 N–H and O–H groups in total. The average Bonchev–Trinajstić information content (AvgIpc) is 2.51. The van der Waals surface area contributed by atoms with Crippen molar-refractivity contribution in [3.8, 4) is 11.5 Å². The molecular formula is C16H13ClN2O3. The standard InChI is InChI=1S/C16H12N2O3.ClH/c19-14-7-6-10-8-13(17-9-12(10)15(14)20)16(21)18-11-4-2-1-3-5-11;/h1-9,19-20H,(H,18,21);1H. The van der Waals surface area contributed by atoms with E-state index < -0.39 is 0 Å². The minimum atomic E-state index is -0.337. The first-order chi connectivity index (χ1) is 10.1. The topological polar surface area (TPSA) is 82.5 Å². The van der Waals surface area contributed by atoms with Crippen molar-refractivity contribution < 1.29 is 15.0 Å². The van der Waals surface area contributed by atoms with Gasteiger partial charge in [-0.15, -0.1) is 12.4 Å². The van der Waals surface area contributed by atoms with Crippen molar-refractivity contribution in [3.63, 3.8) is 0 Å². The lowest BCUT2D eigenvalue weighted by Crippen LogP contribution is -2.13. The van der Waals surface area contributed by atoms with Crippen LogP contribution in [0.2, 0.25) is 0 Å². The third kappa shape index (κ3) is 2.94. The number of phenols is 2. The van der Waals surface area contributed by atoms with Gasteiger partial charge in [0.05, 0.1) is 0 Å². The van der Waals surface area contributed by atoms with Crippen LogP contribution in [0.1, 0.15) is 10.5 Å². The number of aromatic hydroxyl groups is 2. The fourth-order valence-electron chi connectivity index (χ4n) is 2.03. The number of amides is 1. The van der Waals surface area contributed by atoms with E-state index in [9.17, 15) is 15.0 Å². The van der Waals surface area contributed by atoms with E-state index in [2.05, 4.69) is 10.3 Å². The van der Waals surface area contributed by atoms with E-state index in [-0.39, 0.29) is 35.5 Å². The summed E-state index contributed by atoms with van der Waals surface area (Å²) in [4.78, 5) is 16.1. The first kappa shape index (κ1) is 15.6. The Hall–Kier alpha value is -2.79. The molecule has 0 spiro atoms. The minimum absolute atomic E-state index is 0. The summed E-state index contributed by atoms with van der Waals surface area (Å²) >= 11 is 0. The minimum Gasteiger partial charge on any atom is -0.504 e. The number of carbonyl (C=O) groups is 1. The first-order valence-corrected chi connectivity index (χ1v) is 6.32. The number of hydrogen-bond donors (Lipinski definition) is 3. The number of carbonyl (C=O) groups excluding carboxylic acids is 1. The van der Waals surface area contributed by atoms with Gasteiger partial charge < -0.3 is 15.5 Å². The van der Waals surface area contributed by atoms with Crippen molar-refractivity contribution >= 4 is 34.8 Å². The highest BCUT2D eigenvalue weighted by molar-refractivity contribution is 6.05. The molecule has 0 aliphatic carbocycles. The van der Waals surface area contributed by atoms with Gasteiger partial charge in [-0.05, 0) is 29.7 Å². The zero-order chi connectivity index (χ0) is 14.8. The highest BCUT2D eigenvalue weighted by Gasteiger charge is 2.11. The maximum atomic E-state index is 12.1. The molecule has 1 aromatic heterocycles. The molecular weight excluding hydrogens is 304 g/mol. The van der Waals surface area contributed by atoms with Crippen molar-refractivity contribution in [2.24, 2.45) is 0 Å². The SMILES string of the molecule is Cl.O=C(Nc1ccccc1)c1cc2ccc(O)c(O)c2cn1. The smallest absolute Gasteiger partial charge is 0.274 e. The maximum Gasteiger partial charge on any atom is 0.274 e. The summed E-state index contributed by atoms with van der Waals surface area (Å²) < 4.78 is 0. The van der Waals surface area contributed by atoms with Crippen LogP contribution in [-0.4, -0.2) is 21.1 Å². The van der Waals surface area contributed by atoms with E-state index in [1.165, 1.54) is 12.3 Å². The number of benzene rings is 2. The molecule has 3 rings (SSSR count). The molecule has 0 radical (unpaired) electrons. The monoisotopic (exact) mass is 316 g/mol. The van der Waals surface area contributed by atoms with Gasteiger partial charge in [-0.2, -0.15) is 0 Å². The molecule has 0 saturated carbocycles. The van der Waals surface area contributed by atoms with E-state index in [0.29, 0.717) is 16.5 Å². The number of nitrogens with zero attached hydrogens (tertiary/aromatic N) is 1. The number of aromatic nitrogens is 1. The van der Waals surface area contributed by atoms with Gasteiger partial charge in [-0.1, -0.05) is 24.3 Å². The maximum absolute atomic E-state index is 12.1. The number of nitrogens with one attached hydrogen (secondary N) is 1. The molecule has 0 bridgehead atoms. The molecule has 5 nitrogen and oxygen atoms in total. The molecule has 3 aromatic rings. The van der Waals surface area contributed by atoms with Gasteiger partial charge >= 0.3 is 0 Å². The lowest BCUT2D eigenvalue weighted by molar-refractivity contribution is 0.102. The van der Waals surface area contributed by atoms with Crippen LogP contribution in [0.15, 0.2) is 54.7 Å². The normalized spacial score (nSPS) is 10.0. The Morgan fingerprint density at radius 2 is 1.77 bits per heavy atom. The van der Waals surface area contributed by atoms with Gasteiger partial charge in [0.25, 0.3) is 5.91 Å². The molecule has 0 saturated heterocycles. The quantitative estimate of drug-likeness (QED) is 0.633. The van der Waals surface area contributed by atoms with Crippen molar-refractivity contribution in [2.75, 3.05) is 5.32 Å². The third-order valence-corrected chi connectivity index (χ3v) is 3.12. The molecule has 112 valence electrons. The van der Waals surface area contributed by atoms with Gasteiger partial charge in [-0.3, -0.25) is 9.78 Å². The van der Waals surface area contributed by atoms with E-state index in [4.69, 9.17) is 0 Å². The number of pyridine rings is 1. The highest BCUT2D eigenvalue weighted by Crippen LogP contribution is 2.33. The predicted molar refractivity (Wildman–Crippen MR) is 86.7 cm³/mol. The van der Waals surface area contributed by atoms with Crippen LogP contribution < -0.4 is 5.32 Å². The number of para-hydroxylation sites is 1. The van der Waals surface area contributed by atoms with Crippen LogP contribution >= 0.6 is 12.4 Å². The van der Waals surface area contributed by atoms with E-state index in [1.807, 2.05) is 18.2 Å². The average molecular weight is 317 g/mol. The van der Waals surface area contributed by atoms with Gasteiger partial charge in [0.1, 0.15) is 5.69 Å². The second kappa shape index (κ2) is 6.32. The Balaban J connectivity index is 0.00000176. The number of rotatable bonds is 2. The second-order valence-corrected chi connectivity index (χ2v) is 4.54. The fourth-order valence-corrected chi connectivity index (χ4v) is 2.03. The van der Waals surface area contributed by atoms with Crippen LogP contribution in [0.25, 0.3) is 10.8 Å². The van der Waals surface area contributed by atoms with Crippen molar-refractivity contribution in [2.45, 2.75) is 0 Å². The molecule has 6 heteroatoms. The van der Waals surface area contributed by atoms with Crippen LogP contribution in [0, 0.1) is 0 Å². The van der Waals surface area contributed by atoms with Gasteiger partial charge in [0, 0.05) is 17.3 Å². The summed E-state index contributed by atoms with van der Waals surface area (Å²) in [5, 5.41) is 22.9. The molecule has 0 aliphatic rings. The predicted octanol–water partition coefficient (Wildman–Crippen LogP) is 3.32. The van der Waals surface area contributed by atoms with E-state index >= 15 is 0 Å². The van der Waals surface area contributed by atoms with Crippen LogP contribution in [0.4, 0.5) is 5.69 Å². The summed E-state index contributed by atoms with van der Waals surface area (Å²) in [5.41, 5.74) is 0.911. The molecule has 1 heterocycles. The Morgan fingerprint density at radius 3 is 2.50 bits per heavy atom. The van der Waals surface area contributed by atoms with Crippen molar-refractivity contribution in [1.82, 2.24) is 4.98 Å². The van der Waals surface area contributed by atoms with Crippen LogP contribution in [0.5, 0.6) is 11.5 Å². The Kier molecular flexibility index (Phi) is 4.48. The molecule has 2 aromatic carbocycles. The summed E-state index contributed by atoms with van der Waals surface area (Å²) in [5.74, 6) is -0.795. The Labute approximate surface area is 132 Å². The van der Waals surface area contributed by atoms with Crippen molar-refractivity contribution in [3.05, 3.63) is 60.4 Å². The summed E-state index contributed by atoms with van der Waals surface area (Å²) in [7, 11) is 0. The lowest BCUT2D eigenvalue weighted by atomic mass is 10.1. The van der Waals surface area contributed by atoms with Gasteiger partial charge in [-0.25, -0.2) is 0 Å². The number of halogens is 1. The number of hydrogen-bond acceptors (Lipinski definition) is 4. The van der Waals surface area contributed by atoms with Gasteiger partial charge in [0.15, 0.2) is 11.5 Å². The second-order valence-electron chi connectivity index (χ2n) is 4.54. The molecule has 0 unspecified atom stereocenters. The Morgan fingerprint density at radius 1 is 1.05 bits per heavy atom. The lowest BCUT2D eigenvalue weighted by Gasteiger charge is -2.07. The Bertz CT molecular complexity index is 822. The van der Waals surface area contributed by atoms with Gasteiger partial charge in [0.2, 0.25) is 0 Å². The summed E-state index contributed by atoms with van der Waals surface area (Å²) in [6.07, 6.45) is 1.37.